The van der Waals surface area contributed by atoms with Crippen LogP contribution in [-0.2, 0) is 0 Å². The number of halogens is 2. The highest BCUT2D eigenvalue weighted by Crippen LogP contribution is 2.33. The Labute approximate surface area is 141 Å². The zero-order valence-corrected chi connectivity index (χ0v) is 14.0. The third-order valence-electron chi connectivity index (χ3n) is 3.53. The predicted molar refractivity (Wildman–Crippen MR) is 89.5 cm³/mol. The van der Waals surface area contributed by atoms with Gasteiger partial charge in [0.25, 0.3) is 0 Å². The van der Waals surface area contributed by atoms with Crippen LogP contribution in [0.5, 0.6) is 5.75 Å². The maximum absolute atomic E-state index is 13.5. The van der Waals surface area contributed by atoms with Crippen molar-refractivity contribution in [3.05, 3.63) is 59.2 Å². The molecule has 3 rings (SSSR count). The van der Waals surface area contributed by atoms with E-state index in [0.29, 0.717) is 22.0 Å². The van der Waals surface area contributed by atoms with Crippen molar-refractivity contribution in [2.45, 2.75) is 17.1 Å². The fraction of sp³-hybridized carbons (Fsp3) is 0.235. The molecule has 0 aromatic heterocycles. The number of benzene rings is 2. The lowest BCUT2D eigenvalue weighted by Gasteiger charge is -2.23. The lowest BCUT2D eigenvalue weighted by Crippen LogP contribution is -2.30. The van der Waals surface area contributed by atoms with E-state index in [4.69, 9.17) is 4.74 Å². The molecule has 0 amide bonds. The molecule has 0 saturated carbocycles. The molecule has 0 fully saturated rings. The summed E-state index contributed by atoms with van der Waals surface area (Å²) >= 11 is 2.89. The van der Waals surface area contributed by atoms with Crippen LogP contribution in [0.2, 0.25) is 0 Å². The first-order chi connectivity index (χ1) is 11.0. The van der Waals surface area contributed by atoms with Gasteiger partial charge in [0.2, 0.25) is 0 Å². The third kappa shape index (κ3) is 3.70. The van der Waals surface area contributed by atoms with Gasteiger partial charge in [-0.1, -0.05) is 6.07 Å². The second-order valence-corrected chi connectivity index (χ2v) is 7.75. The predicted octanol–water partition coefficient (Wildman–Crippen LogP) is 4.70. The minimum atomic E-state index is -0.448. The van der Waals surface area contributed by atoms with Crippen molar-refractivity contribution in [3.8, 4) is 5.75 Å². The summed E-state index contributed by atoms with van der Waals surface area (Å²) in [7, 11) is 0. The molecule has 1 unspecified atom stereocenters. The summed E-state index contributed by atoms with van der Waals surface area (Å²) in [5.74, 6) is -0.370. The third-order valence-corrected chi connectivity index (χ3v) is 5.88. The van der Waals surface area contributed by atoms with Crippen LogP contribution in [0, 0.1) is 18.6 Å². The van der Waals surface area contributed by atoms with Crippen LogP contribution in [0.3, 0.4) is 0 Å². The van der Waals surface area contributed by atoms with Crippen LogP contribution in [0.4, 0.5) is 8.78 Å². The van der Waals surface area contributed by atoms with Crippen molar-refractivity contribution in [2.24, 2.45) is 0 Å². The van der Waals surface area contributed by atoms with Gasteiger partial charge in [-0.25, -0.2) is 8.78 Å². The molecular formula is C17H14F2O2S2. The van der Waals surface area contributed by atoms with Crippen LogP contribution in [0.15, 0.2) is 41.3 Å². The first-order valence-electron chi connectivity index (χ1n) is 7.02. The zero-order chi connectivity index (χ0) is 16.4. The molecule has 120 valence electrons. The van der Waals surface area contributed by atoms with Crippen LogP contribution in [-0.4, -0.2) is 22.7 Å². The Bertz CT molecular complexity index is 749. The second kappa shape index (κ2) is 6.93. The monoisotopic (exact) mass is 352 g/mol. The van der Waals surface area contributed by atoms with Crippen LogP contribution < -0.4 is 4.74 Å². The molecule has 1 heterocycles. The van der Waals surface area contributed by atoms with Crippen molar-refractivity contribution in [1.82, 2.24) is 0 Å². The van der Waals surface area contributed by atoms with Gasteiger partial charge in [0.15, 0.2) is 5.78 Å². The van der Waals surface area contributed by atoms with E-state index in [-0.39, 0.29) is 23.5 Å². The Morgan fingerprint density at radius 3 is 2.83 bits per heavy atom. The number of thioether (sulfide) groups is 2. The van der Waals surface area contributed by atoms with Gasteiger partial charge in [-0.3, -0.25) is 4.79 Å². The maximum atomic E-state index is 13.5. The fourth-order valence-corrected chi connectivity index (χ4v) is 4.47. The summed E-state index contributed by atoms with van der Waals surface area (Å²) in [6, 6.07) is 9.05. The minimum absolute atomic E-state index is 0.119. The van der Waals surface area contributed by atoms with Gasteiger partial charge in [-0.15, -0.1) is 23.5 Å². The van der Waals surface area contributed by atoms with Crippen LogP contribution in [0.1, 0.15) is 15.9 Å². The second-order valence-electron chi connectivity index (χ2n) is 5.14. The molecule has 0 radical (unpaired) electrons. The number of hydrogen-bond donors (Lipinski definition) is 0. The van der Waals surface area contributed by atoms with Crippen LogP contribution in [0.25, 0.3) is 0 Å². The van der Waals surface area contributed by atoms with Crippen molar-refractivity contribution in [3.63, 3.8) is 0 Å². The number of rotatable bonds is 4. The van der Waals surface area contributed by atoms with E-state index in [9.17, 15) is 13.6 Å². The molecule has 6 heteroatoms. The number of carbonyl (C=O) groups is 1. The first-order valence-corrected chi connectivity index (χ1v) is 9.05. The Hall–Kier alpha value is -1.53. The van der Waals surface area contributed by atoms with E-state index in [1.165, 1.54) is 47.8 Å². The number of Topliss-reactive ketones (excluding diaryl/α,β-unsaturated/α-hetero) is 1. The number of fused-ring (bicyclic) bond motifs is 1. The molecule has 0 saturated heterocycles. The number of ether oxygens (including phenoxy) is 1. The number of aryl methyl sites for hydroxylation is 1. The number of hydrogen-bond acceptors (Lipinski definition) is 4. The minimum Gasteiger partial charge on any atom is -0.491 e. The summed E-state index contributed by atoms with van der Waals surface area (Å²) in [4.78, 5) is 13.2. The summed E-state index contributed by atoms with van der Waals surface area (Å²) in [5.41, 5.74) is 0.900. The largest absolute Gasteiger partial charge is 0.491 e. The van der Waals surface area contributed by atoms with Crippen molar-refractivity contribution in [2.75, 3.05) is 11.7 Å². The number of carbonyl (C=O) groups excluding carboxylic acids is 1. The highest BCUT2D eigenvalue weighted by Gasteiger charge is 2.29. The Morgan fingerprint density at radius 2 is 2.04 bits per heavy atom. The van der Waals surface area contributed by atoms with Crippen molar-refractivity contribution < 1.29 is 18.3 Å². The lowest BCUT2D eigenvalue weighted by molar-refractivity contribution is 0.0942. The fourth-order valence-electron chi connectivity index (χ4n) is 2.21. The van der Waals surface area contributed by atoms with Gasteiger partial charge >= 0.3 is 0 Å². The smallest absolute Gasteiger partial charge is 0.183 e. The summed E-state index contributed by atoms with van der Waals surface area (Å²) in [6.45, 7) is 1.98. The standard InChI is InChI=1S/C17H14F2O2S2/c1-10-2-4-12(7-14(10)19)22-9-23-16-8-21-15-5-3-11(18)6-13(15)17(16)20/h2-7,16H,8-9H2,1H3. The topological polar surface area (TPSA) is 26.3 Å². The normalized spacial score (nSPS) is 16.8. The highest BCUT2D eigenvalue weighted by atomic mass is 32.2. The zero-order valence-electron chi connectivity index (χ0n) is 12.3. The Morgan fingerprint density at radius 1 is 1.22 bits per heavy atom. The molecule has 2 aromatic carbocycles. The quantitative estimate of drug-likeness (QED) is 0.588. The van der Waals surface area contributed by atoms with E-state index in [1.807, 2.05) is 6.07 Å². The molecule has 0 aliphatic carbocycles. The molecule has 0 N–H and O–H groups in total. The molecule has 0 spiro atoms. The van der Waals surface area contributed by atoms with Gasteiger partial charge in [-0.2, -0.15) is 0 Å². The maximum Gasteiger partial charge on any atom is 0.183 e. The van der Waals surface area contributed by atoms with Gasteiger partial charge in [-0.05, 0) is 42.8 Å². The van der Waals surface area contributed by atoms with Gasteiger partial charge < -0.3 is 4.74 Å². The molecule has 2 aromatic rings. The summed E-state index contributed by atoms with van der Waals surface area (Å²) in [6.07, 6.45) is 0. The van der Waals surface area contributed by atoms with E-state index in [0.717, 1.165) is 4.90 Å². The first kappa shape index (κ1) is 16.3. The van der Waals surface area contributed by atoms with Gasteiger partial charge in [0.05, 0.1) is 5.56 Å². The molecule has 1 atom stereocenters. The SMILES string of the molecule is Cc1ccc(SCSC2COc3ccc(F)cc3C2=O)cc1F. The van der Waals surface area contributed by atoms with E-state index in [2.05, 4.69) is 0 Å². The van der Waals surface area contributed by atoms with E-state index in [1.54, 1.807) is 13.0 Å². The molecule has 1 aliphatic heterocycles. The van der Waals surface area contributed by atoms with Crippen molar-refractivity contribution >= 4 is 29.3 Å². The van der Waals surface area contributed by atoms with Gasteiger partial charge in [0.1, 0.15) is 29.2 Å². The van der Waals surface area contributed by atoms with Crippen molar-refractivity contribution in [1.29, 1.82) is 0 Å². The average Bonchev–Trinajstić information content (AvgIpc) is 2.53. The average molecular weight is 352 g/mol. The number of ketones is 1. The van der Waals surface area contributed by atoms with E-state index < -0.39 is 5.82 Å². The molecule has 0 bridgehead atoms. The van der Waals surface area contributed by atoms with Gasteiger partial charge in [0, 0.05) is 9.98 Å². The summed E-state index contributed by atoms with van der Waals surface area (Å²) < 4.78 is 32.3. The molecular weight excluding hydrogens is 338 g/mol. The molecule has 1 aliphatic rings. The Balaban J connectivity index is 1.61. The Kier molecular flexibility index (Phi) is 4.92. The lowest BCUT2D eigenvalue weighted by atomic mass is 10.0. The van der Waals surface area contributed by atoms with E-state index >= 15 is 0 Å². The highest BCUT2D eigenvalue weighted by molar-refractivity contribution is 8.16. The molecule has 2 nitrogen and oxygen atoms in total. The molecule has 23 heavy (non-hydrogen) atoms. The summed E-state index contributed by atoms with van der Waals surface area (Å²) in [5, 5.41) is 0.222. The van der Waals surface area contributed by atoms with Crippen LogP contribution >= 0.6 is 23.5 Å².